The summed E-state index contributed by atoms with van der Waals surface area (Å²) in [5.74, 6) is 0.0325. The number of anilines is 1. The number of nitro benzene ring substituents is 1. The van der Waals surface area contributed by atoms with Crippen LogP contribution in [0, 0.1) is 17.0 Å². The number of nitrogens with zero attached hydrogens (tertiary/aromatic N) is 2. The highest BCUT2D eigenvalue weighted by molar-refractivity contribution is 7.85. The molecule has 3 rings (SSSR count). The number of hydrogen-bond acceptors (Lipinski definition) is 7. The molecule has 3 aromatic carbocycles. The number of hydrogen-bond donors (Lipinski definition) is 1. The zero-order chi connectivity index (χ0) is 31.9. The third kappa shape index (κ3) is 9.39. The fourth-order valence-corrected chi connectivity index (χ4v) is 5.03. The molecule has 11 heteroatoms. The highest BCUT2D eigenvalue weighted by Gasteiger charge is 2.26. The quantitative estimate of drug-likeness (QED) is 0.102. The molecule has 0 bridgehead atoms. The molecule has 0 heterocycles. The smallest absolute Gasteiger partial charge is 0.415 e. The predicted octanol–water partition coefficient (Wildman–Crippen LogP) is 7.48. The second-order valence-corrected chi connectivity index (χ2v) is 12.6. The van der Waals surface area contributed by atoms with Crippen molar-refractivity contribution >= 4 is 39.7 Å². The van der Waals surface area contributed by atoms with E-state index in [1.54, 1.807) is 36.1 Å². The van der Waals surface area contributed by atoms with Crippen molar-refractivity contribution < 1.29 is 32.2 Å². The summed E-state index contributed by atoms with van der Waals surface area (Å²) >= 11 is 0. The average Bonchev–Trinajstić information content (AvgIpc) is 2.91. The van der Waals surface area contributed by atoms with E-state index >= 15 is 0 Å². The normalized spacial score (nSPS) is 12.6. The van der Waals surface area contributed by atoms with Crippen molar-refractivity contribution in [2.45, 2.75) is 70.9 Å². The van der Waals surface area contributed by atoms with Gasteiger partial charge in [0.2, 0.25) is 0 Å². The van der Waals surface area contributed by atoms with Crippen molar-refractivity contribution in [2.24, 2.45) is 0 Å². The van der Waals surface area contributed by atoms with Gasteiger partial charge in [0.05, 0.1) is 16.4 Å². The average molecular weight is 611 g/mol. The van der Waals surface area contributed by atoms with Crippen LogP contribution in [0.3, 0.4) is 0 Å². The largest absolute Gasteiger partial charge is 0.486 e. The third-order valence-corrected chi connectivity index (χ3v) is 7.52. The summed E-state index contributed by atoms with van der Waals surface area (Å²) in [7, 11) is -4.43. The van der Waals surface area contributed by atoms with Gasteiger partial charge in [-0.25, -0.2) is 4.79 Å². The molecular formula is C32H38N2O8S. The predicted molar refractivity (Wildman–Crippen MR) is 167 cm³/mol. The number of carbonyl (C=O) groups excluding carboxylic acids is 1. The Morgan fingerprint density at radius 2 is 1.67 bits per heavy atom. The van der Waals surface area contributed by atoms with Crippen molar-refractivity contribution in [3.8, 4) is 5.75 Å². The summed E-state index contributed by atoms with van der Waals surface area (Å²) in [5, 5.41) is 11.6. The van der Waals surface area contributed by atoms with Crippen LogP contribution in [0.25, 0.3) is 12.2 Å². The Morgan fingerprint density at radius 3 is 2.26 bits per heavy atom. The topological polar surface area (TPSA) is 136 Å². The summed E-state index contributed by atoms with van der Waals surface area (Å²) in [6, 6.07) is 16.3. The maximum absolute atomic E-state index is 12.9. The van der Waals surface area contributed by atoms with E-state index in [9.17, 15) is 27.9 Å². The molecular weight excluding hydrogens is 572 g/mol. The molecule has 0 fully saturated rings. The molecule has 1 N–H and O–H groups in total. The monoisotopic (exact) mass is 610 g/mol. The first kappa shape index (κ1) is 33.3. The van der Waals surface area contributed by atoms with E-state index in [0.717, 1.165) is 17.5 Å². The molecule has 0 aliphatic rings. The van der Waals surface area contributed by atoms with E-state index in [1.807, 2.05) is 65.0 Å². The number of benzene rings is 3. The van der Waals surface area contributed by atoms with Gasteiger partial charge in [-0.15, -0.1) is 0 Å². The Balaban J connectivity index is 1.78. The van der Waals surface area contributed by atoms with Crippen molar-refractivity contribution in [1.82, 2.24) is 0 Å². The fraction of sp³-hybridized carbons (Fsp3) is 0.344. The summed E-state index contributed by atoms with van der Waals surface area (Å²) in [5.41, 5.74) is 2.49. The van der Waals surface area contributed by atoms with Crippen LogP contribution in [0.15, 0.2) is 65.6 Å². The minimum atomic E-state index is -4.43. The molecule has 0 saturated heterocycles. The Hall–Kier alpha value is -4.22. The van der Waals surface area contributed by atoms with Gasteiger partial charge in [-0.2, -0.15) is 8.42 Å². The lowest BCUT2D eigenvalue weighted by atomic mass is 10.1. The zero-order valence-electron chi connectivity index (χ0n) is 25.2. The second-order valence-electron chi connectivity index (χ2n) is 11.2. The van der Waals surface area contributed by atoms with Crippen LogP contribution < -0.4 is 9.64 Å². The number of ether oxygens (including phenoxy) is 2. The number of rotatable bonds is 11. The van der Waals surface area contributed by atoms with Crippen LogP contribution in [-0.4, -0.2) is 42.2 Å². The summed E-state index contributed by atoms with van der Waals surface area (Å²) in [6.45, 7) is 11.2. The Labute approximate surface area is 252 Å². The summed E-state index contributed by atoms with van der Waals surface area (Å²) in [6.07, 6.45) is 4.05. The maximum atomic E-state index is 12.9. The molecule has 43 heavy (non-hydrogen) atoms. The van der Waals surface area contributed by atoms with E-state index in [-0.39, 0.29) is 35.4 Å². The molecule has 0 saturated carbocycles. The third-order valence-electron chi connectivity index (χ3n) is 6.56. The first-order chi connectivity index (χ1) is 20.1. The van der Waals surface area contributed by atoms with E-state index in [1.165, 1.54) is 18.2 Å². The fourth-order valence-electron chi connectivity index (χ4n) is 4.30. The van der Waals surface area contributed by atoms with Crippen molar-refractivity contribution in [3.05, 3.63) is 93.0 Å². The number of amides is 1. The lowest BCUT2D eigenvalue weighted by Gasteiger charge is -2.31. The van der Waals surface area contributed by atoms with Crippen LogP contribution in [0.4, 0.5) is 16.2 Å². The van der Waals surface area contributed by atoms with E-state index < -0.39 is 26.7 Å². The van der Waals surface area contributed by atoms with Crippen LogP contribution in [-0.2, 0) is 21.3 Å². The summed E-state index contributed by atoms with van der Waals surface area (Å²) in [4.78, 5) is 25.4. The second kappa shape index (κ2) is 13.8. The van der Waals surface area contributed by atoms with Crippen molar-refractivity contribution in [1.29, 1.82) is 0 Å². The molecule has 0 aliphatic carbocycles. The van der Waals surface area contributed by atoms with Gasteiger partial charge in [-0.1, -0.05) is 48.9 Å². The van der Waals surface area contributed by atoms with Gasteiger partial charge < -0.3 is 9.47 Å². The minimum Gasteiger partial charge on any atom is -0.486 e. The zero-order valence-corrected chi connectivity index (χ0v) is 26.1. The van der Waals surface area contributed by atoms with Crippen LogP contribution >= 0.6 is 0 Å². The van der Waals surface area contributed by atoms with Gasteiger partial charge in [0, 0.05) is 24.2 Å². The highest BCUT2D eigenvalue weighted by atomic mass is 32.2. The molecule has 3 aromatic rings. The highest BCUT2D eigenvalue weighted by Crippen LogP contribution is 2.30. The molecule has 10 nitrogen and oxygen atoms in total. The summed E-state index contributed by atoms with van der Waals surface area (Å²) < 4.78 is 44.4. The molecule has 0 aliphatic heterocycles. The van der Waals surface area contributed by atoms with E-state index in [4.69, 9.17) is 9.47 Å². The lowest BCUT2D eigenvalue weighted by molar-refractivity contribution is -0.385. The molecule has 1 unspecified atom stereocenters. The molecule has 1 atom stereocenters. The van der Waals surface area contributed by atoms with Gasteiger partial charge in [0.25, 0.3) is 10.1 Å². The van der Waals surface area contributed by atoms with Gasteiger partial charge in [-0.3, -0.25) is 19.6 Å². The van der Waals surface area contributed by atoms with Gasteiger partial charge in [0.15, 0.2) is 5.75 Å². The minimum absolute atomic E-state index is 0.0325. The van der Waals surface area contributed by atoms with Gasteiger partial charge in [0.1, 0.15) is 5.60 Å². The Morgan fingerprint density at radius 1 is 1.05 bits per heavy atom. The van der Waals surface area contributed by atoms with Crippen LogP contribution in [0.1, 0.15) is 63.3 Å². The van der Waals surface area contributed by atoms with Crippen LogP contribution in [0.5, 0.6) is 5.75 Å². The SMILES string of the molecule is CCC(C)N(C(=O)OC(C)(C)C)c1ccc(/C=C/c2ccc([N+](=O)[O-])c(OCCc3cc(C)ccc3S(=O)(=O)O)c2)cc1. The molecule has 1 amide bonds. The maximum Gasteiger partial charge on any atom is 0.415 e. The molecule has 230 valence electrons. The molecule has 0 aromatic heterocycles. The van der Waals surface area contributed by atoms with Gasteiger partial charge in [-0.05, 0) is 88.1 Å². The van der Waals surface area contributed by atoms with E-state index in [2.05, 4.69) is 0 Å². The Bertz CT molecular complexity index is 1590. The van der Waals surface area contributed by atoms with Crippen LogP contribution in [0.2, 0.25) is 0 Å². The lowest BCUT2D eigenvalue weighted by Crippen LogP contribution is -2.42. The molecule has 0 spiro atoms. The van der Waals surface area contributed by atoms with Gasteiger partial charge >= 0.3 is 11.8 Å². The number of carbonyl (C=O) groups is 1. The van der Waals surface area contributed by atoms with Crippen molar-refractivity contribution in [2.75, 3.05) is 11.5 Å². The number of nitro groups is 1. The first-order valence-corrected chi connectivity index (χ1v) is 15.3. The Kier molecular flexibility index (Phi) is 10.7. The standard InChI is InChI=1S/C32H38N2O8S/c1-7-23(3)33(31(35)42-32(4,5)6)27-14-11-24(12-15-27)9-10-25-13-16-28(34(36)37)29(21-25)41-19-18-26-20-22(2)8-17-30(26)43(38,39)40/h8-17,20-21,23H,7,18-19H2,1-6H3,(H,38,39,40)/b10-9+. The van der Waals surface area contributed by atoms with Crippen molar-refractivity contribution in [3.63, 3.8) is 0 Å². The van der Waals surface area contributed by atoms with E-state index in [0.29, 0.717) is 16.8 Å². The molecule has 0 radical (unpaired) electrons. The first-order valence-electron chi connectivity index (χ1n) is 13.9. The number of aryl methyl sites for hydroxylation is 1.